The van der Waals surface area contributed by atoms with Crippen molar-refractivity contribution in [2.75, 3.05) is 0 Å². The number of carboxylic acid groups (broad SMARTS) is 1. The summed E-state index contributed by atoms with van der Waals surface area (Å²) in [5.74, 6) is -0.400. The van der Waals surface area contributed by atoms with Crippen molar-refractivity contribution in [3.8, 4) is 16.3 Å². The maximum absolute atomic E-state index is 12.8. The van der Waals surface area contributed by atoms with Gasteiger partial charge in [-0.3, -0.25) is 4.79 Å². The third kappa shape index (κ3) is 4.56. The number of benzene rings is 2. The number of ether oxygens (including phenoxy) is 1. The SMILES string of the molecule is Cc1nc(-c2ccc(C(F)(F)F)cc2)sc1COc1cc(CC(=O)O)cc2cc[nH]c12. The van der Waals surface area contributed by atoms with Crippen molar-refractivity contribution in [1.82, 2.24) is 9.97 Å². The molecule has 0 bridgehead atoms. The minimum absolute atomic E-state index is 0.116. The fourth-order valence-electron chi connectivity index (χ4n) is 3.22. The average Bonchev–Trinajstić information content (AvgIpc) is 3.31. The molecule has 0 unspecified atom stereocenters. The predicted molar refractivity (Wildman–Crippen MR) is 111 cm³/mol. The van der Waals surface area contributed by atoms with Crippen molar-refractivity contribution >= 4 is 28.2 Å². The Balaban J connectivity index is 1.56. The van der Waals surface area contributed by atoms with Gasteiger partial charge in [-0.05, 0) is 42.8 Å². The standard InChI is InChI=1S/C22H17F3N2O3S/c1-12-18(31-21(27-12)14-2-4-16(5-3-14)22(23,24)25)11-30-17-9-13(10-19(28)29)8-15-6-7-26-20(15)17/h2-9,26H,10-11H2,1H3,(H,28,29). The molecule has 2 aromatic carbocycles. The summed E-state index contributed by atoms with van der Waals surface area (Å²) in [6.45, 7) is 2.02. The van der Waals surface area contributed by atoms with E-state index in [2.05, 4.69) is 9.97 Å². The summed E-state index contributed by atoms with van der Waals surface area (Å²) in [6.07, 6.45) is -2.74. The number of fused-ring (bicyclic) bond motifs is 1. The van der Waals surface area contributed by atoms with Crippen molar-refractivity contribution in [2.24, 2.45) is 0 Å². The Morgan fingerprint density at radius 2 is 1.94 bits per heavy atom. The number of nitrogens with zero attached hydrogens (tertiary/aromatic N) is 1. The highest BCUT2D eigenvalue weighted by Gasteiger charge is 2.30. The van der Waals surface area contributed by atoms with Gasteiger partial charge in [0.25, 0.3) is 0 Å². The number of nitrogens with one attached hydrogen (secondary N) is 1. The number of hydrogen-bond donors (Lipinski definition) is 2. The van der Waals surface area contributed by atoms with E-state index < -0.39 is 17.7 Å². The molecule has 0 fully saturated rings. The number of aromatic nitrogens is 2. The van der Waals surface area contributed by atoms with Gasteiger partial charge in [-0.15, -0.1) is 11.3 Å². The van der Waals surface area contributed by atoms with Crippen LogP contribution in [0.1, 0.15) is 21.7 Å². The van der Waals surface area contributed by atoms with Gasteiger partial charge in [0, 0.05) is 17.1 Å². The Bertz CT molecular complexity index is 1240. The van der Waals surface area contributed by atoms with Gasteiger partial charge in [-0.2, -0.15) is 13.2 Å². The summed E-state index contributed by atoms with van der Waals surface area (Å²) in [6, 6.07) is 10.2. The summed E-state index contributed by atoms with van der Waals surface area (Å²) in [5, 5.41) is 10.5. The molecule has 0 saturated heterocycles. The van der Waals surface area contributed by atoms with Crippen molar-refractivity contribution in [3.05, 3.63) is 70.4 Å². The molecule has 0 spiro atoms. The molecule has 2 N–H and O–H groups in total. The highest BCUT2D eigenvalue weighted by molar-refractivity contribution is 7.15. The summed E-state index contributed by atoms with van der Waals surface area (Å²) in [7, 11) is 0. The van der Waals surface area contributed by atoms with Crippen molar-refractivity contribution in [2.45, 2.75) is 26.1 Å². The normalized spacial score (nSPS) is 11.7. The second kappa shape index (κ2) is 8.07. The zero-order valence-electron chi connectivity index (χ0n) is 16.3. The fraction of sp³-hybridized carbons (Fsp3) is 0.182. The lowest BCUT2D eigenvalue weighted by Gasteiger charge is -2.09. The van der Waals surface area contributed by atoms with Gasteiger partial charge in [-0.1, -0.05) is 12.1 Å². The second-order valence-corrected chi connectivity index (χ2v) is 8.08. The first-order valence-corrected chi connectivity index (χ1v) is 10.1. The molecule has 0 aliphatic rings. The van der Waals surface area contributed by atoms with Crippen LogP contribution in [0.3, 0.4) is 0 Å². The maximum Gasteiger partial charge on any atom is 0.416 e. The van der Waals surface area contributed by atoms with Crippen LogP contribution >= 0.6 is 11.3 Å². The van der Waals surface area contributed by atoms with Crippen LogP contribution in [0.5, 0.6) is 5.75 Å². The summed E-state index contributed by atoms with van der Waals surface area (Å²) < 4.78 is 44.3. The molecule has 0 radical (unpaired) electrons. The Morgan fingerprint density at radius 1 is 1.19 bits per heavy atom. The zero-order chi connectivity index (χ0) is 22.2. The smallest absolute Gasteiger partial charge is 0.416 e. The second-order valence-electron chi connectivity index (χ2n) is 7.00. The monoisotopic (exact) mass is 446 g/mol. The molecular formula is C22H17F3N2O3S. The Labute approximate surface area is 179 Å². The van der Waals surface area contributed by atoms with Gasteiger partial charge < -0.3 is 14.8 Å². The predicted octanol–water partition coefficient (Wildman–Crippen LogP) is 5.82. The Morgan fingerprint density at radius 3 is 2.61 bits per heavy atom. The number of rotatable bonds is 6. The van der Waals surface area contributed by atoms with Gasteiger partial charge in [0.15, 0.2) is 0 Å². The number of halogens is 3. The third-order valence-corrected chi connectivity index (χ3v) is 5.93. The third-order valence-electron chi connectivity index (χ3n) is 4.75. The van der Waals surface area contributed by atoms with Gasteiger partial charge in [0.1, 0.15) is 17.4 Å². The van der Waals surface area contributed by atoms with E-state index in [1.165, 1.54) is 23.5 Å². The number of aryl methyl sites for hydroxylation is 1. The highest BCUT2D eigenvalue weighted by atomic mass is 32.1. The van der Waals surface area contributed by atoms with E-state index in [-0.39, 0.29) is 13.0 Å². The molecular weight excluding hydrogens is 429 g/mol. The number of aliphatic carboxylic acids is 1. The Hall–Kier alpha value is -3.33. The van der Waals surface area contributed by atoms with Gasteiger partial charge in [-0.25, -0.2) is 4.98 Å². The first-order valence-electron chi connectivity index (χ1n) is 9.29. The lowest BCUT2D eigenvalue weighted by atomic mass is 10.1. The minimum atomic E-state index is -4.38. The lowest BCUT2D eigenvalue weighted by molar-refractivity contribution is -0.138. The number of aromatic amines is 1. The van der Waals surface area contributed by atoms with Crippen LogP contribution < -0.4 is 4.74 Å². The van der Waals surface area contributed by atoms with Crippen LogP contribution in [0.4, 0.5) is 13.2 Å². The van der Waals surface area contributed by atoms with E-state index in [0.29, 0.717) is 21.9 Å². The molecule has 0 amide bonds. The van der Waals surface area contributed by atoms with Gasteiger partial charge in [0.2, 0.25) is 0 Å². The Kier molecular flexibility index (Phi) is 5.45. The summed E-state index contributed by atoms with van der Waals surface area (Å²) in [4.78, 5) is 19.5. The van der Waals surface area contributed by atoms with Crippen molar-refractivity contribution in [3.63, 3.8) is 0 Å². The molecule has 2 heterocycles. The van der Waals surface area contributed by atoms with E-state index in [1.807, 2.05) is 13.0 Å². The molecule has 0 aliphatic heterocycles. The molecule has 4 aromatic rings. The number of hydrogen-bond acceptors (Lipinski definition) is 4. The number of carbonyl (C=O) groups is 1. The first kappa shape index (κ1) is 20.9. The van der Waals surface area contributed by atoms with Crippen LogP contribution in [0.2, 0.25) is 0 Å². The van der Waals surface area contributed by atoms with Crippen LogP contribution in [-0.4, -0.2) is 21.0 Å². The molecule has 0 aliphatic carbocycles. The van der Waals surface area contributed by atoms with Gasteiger partial charge >= 0.3 is 12.1 Å². The quantitative estimate of drug-likeness (QED) is 0.391. The van der Waals surface area contributed by atoms with E-state index in [1.54, 1.807) is 18.3 Å². The van der Waals surface area contributed by atoms with Crippen molar-refractivity contribution in [1.29, 1.82) is 0 Å². The van der Waals surface area contributed by atoms with Crippen LogP contribution in [-0.2, 0) is 24.0 Å². The molecule has 4 rings (SSSR count). The van der Waals surface area contributed by atoms with E-state index in [0.717, 1.165) is 33.6 Å². The maximum atomic E-state index is 12.8. The summed E-state index contributed by atoms with van der Waals surface area (Å²) >= 11 is 1.35. The molecule has 2 aromatic heterocycles. The van der Waals surface area contributed by atoms with E-state index >= 15 is 0 Å². The topological polar surface area (TPSA) is 75.2 Å². The largest absolute Gasteiger partial charge is 0.486 e. The molecule has 9 heteroatoms. The number of H-pyrrole nitrogens is 1. The highest BCUT2D eigenvalue weighted by Crippen LogP contribution is 2.34. The molecule has 0 saturated carbocycles. The minimum Gasteiger partial charge on any atom is -0.486 e. The van der Waals surface area contributed by atoms with Crippen molar-refractivity contribution < 1.29 is 27.8 Å². The summed E-state index contributed by atoms with van der Waals surface area (Å²) in [5.41, 5.74) is 2.01. The van der Waals surface area contributed by atoms with Crippen LogP contribution in [0, 0.1) is 6.92 Å². The number of thiazole rings is 1. The molecule has 0 atom stereocenters. The first-order chi connectivity index (χ1) is 14.7. The fourth-order valence-corrected chi connectivity index (χ4v) is 4.20. The zero-order valence-corrected chi connectivity index (χ0v) is 17.1. The lowest BCUT2D eigenvalue weighted by Crippen LogP contribution is -2.03. The van der Waals surface area contributed by atoms with E-state index in [9.17, 15) is 18.0 Å². The molecule has 160 valence electrons. The van der Waals surface area contributed by atoms with E-state index in [4.69, 9.17) is 9.84 Å². The van der Waals surface area contributed by atoms with Crippen LogP contribution in [0.25, 0.3) is 21.5 Å². The number of carboxylic acids is 1. The van der Waals surface area contributed by atoms with Crippen LogP contribution in [0.15, 0.2) is 48.7 Å². The van der Waals surface area contributed by atoms with Gasteiger partial charge in [0.05, 0.1) is 28.1 Å². The average molecular weight is 446 g/mol. The molecule has 5 nitrogen and oxygen atoms in total. The molecule has 31 heavy (non-hydrogen) atoms. The number of alkyl halides is 3.